The van der Waals surface area contributed by atoms with Crippen LogP contribution in [0, 0.1) is 0 Å². The second kappa shape index (κ2) is 13.4. The van der Waals surface area contributed by atoms with E-state index in [2.05, 4.69) is 205 Å². The Morgan fingerprint density at radius 1 is 0.315 bits per heavy atom. The molecule has 1 aromatic heterocycles. The van der Waals surface area contributed by atoms with Crippen LogP contribution in [-0.2, 0) is 0 Å². The highest BCUT2D eigenvalue weighted by atomic mass is 16.3. The van der Waals surface area contributed by atoms with Crippen molar-refractivity contribution in [2.45, 2.75) is 0 Å². The van der Waals surface area contributed by atoms with E-state index in [-0.39, 0.29) is 0 Å². The molecule has 0 saturated heterocycles. The van der Waals surface area contributed by atoms with Crippen molar-refractivity contribution in [1.29, 1.82) is 0 Å². The van der Waals surface area contributed by atoms with Gasteiger partial charge in [-0.1, -0.05) is 170 Å². The van der Waals surface area contributed by atoms with Gasteiger partial charge in [0.2, 0.25) is 0 Å². The number of fused-ring (bicyclic) bond motifs is 4. The van der Waals surface area contributed by atoms with Gasteiger partial charge in [0.15, 0.2) is 0 Å². The van der Waals surface area contributed by atoms with Crippen LogP contribution < -0.4 is 4.90 Å². The molecule has 54 heavy (non-hydrogen) atoms. The Labute approximate surface area is 314 Å². The van der Waals surface area contributed by atoms with Crippen molar-refractivity contribution in [2.75, 3.05) is 4.90 Å². The number of anilines is 3. The van der Waals surface area contributed by atoms with E-state index in [0.29, 0.717) is 0 Å². The van der Waals surface area contributed by atoms with E-state index in [1.165, 1.54) is 44.2 Å². The number of nitrogens with zero attached hydrogens (tertiary/aromatic N) is 1. The van der Waals surface area contributed by atoms with E-state index >= 15 is 0 Å². The standard InChI is InChI=1S/C52H35NO/c1-2-11-36(12-3-1)38-21-23-39(24-22-38)40-27-31-44(32-28-40)53(45-33-29-41(30-34-45)43-26-25-37-13-4-5-14-42(37)35-43)50-19-8-6-15-46(50)48-17-10-18-49-47-16-7-9-20-51(47)54-52(48)49/h1-35H. The van der Waals surface area contributed by atoms with Crippen molar-refractivity contribution in [1.82, 2.24) is 0 Å². The van der Waals surface area contributed by atoms with Crippen molar-refractivity contribution >= 4 is 49.8 Å². The number of hydrogen-bond acceptors (Lipinski definition) is 2. The summed E-state index contributed by atoms with van der Waals surface area (Å²) in [5.74, 6) is 0. The first-order valence-corrected chi connectivity index (χ1v) is 18.4. The van der Waals surface area contributed by atoms with Crippen molar-refractivity contribution < 1.29 is 4.42 Å². The minimum atomic E-state index is 0.894. The molecule has 0 N–H and O–H groups in total. The Balaban J connectivity index is 1.08. The van der Waals surface area contributed by atoms with Crippen LogP contribution in [0.15, 0.2) is 217 Å². The lowest BCUT2D eigenvalue weighted by atomic mass is 9.98. The largest absolute Gasteiger partial charge is 0.455 e. The molecule has 0 aliphatic heterocycles. The first-order valence-electron chi connectivity index (χ1n) is 18.4. The number of furan rings is 1. The van der Waals surface area contributed by atoms with Crippen LogP contribution in [0.2, 0.25) is 0 Å². The van der Waals surface area contributed by atoms with Crippen molar-refractivity contribution in [2.24, 2.45) is 0 Å². The summed E-state index contributed by atoms with van der Waals surface area (Å²) < 4.78 is 6.56. The van der Waals surface area contributed by atoms with Gasteiger partial charge in [-0.25, -0.2) is 0 Å². The summed E-state index contributed by atoms with van der Waals surface area (Å²) in [5, 5.41) is 4.73. The van der Waals surface area contributed by atoms with Gasteiger partial charge in [0.25, 0.3) is 0 Å². The van der Waals surface area contributed by atoms with E-state index in [4.69, 9.17) is 4.42 Å². The molecule has 2 heteroatoms. The van der Waals surface area contributed by atoms with Crippen LogP contribution >= 0.6 is 0 Å². The van der Waals surface area contributed by atoms with E-state index in [9.17, 15) is 0 Å². The zero-order chi connectivity index (χ0) is 35.8. The molecule has 0 aliphatic carbocycles. The van der Waals surface area contributed by atoms with Gasteiger partial charge in [0, 0.05) is 33.3 Å². The Kier molecular flexibility index (Phi) is 7.85. The third-order valence-electron chi connectivity index (χ3n) is 10.5. The van der Waals surface area contributed by atoms with Gasteiger partial charge in [-0.2, -0.15) is 0 Å². The maximum Gasteiger partial charge on any atom is 0.143 e. The van der Waals surface area contributed by atoms with E-state index in [1.54, 1.807) is 0 Å². The van der Waals surface area contributed by atoms with Crippen LogP contribution in [0.5, 0.6) is 0 Å². The highest BCUT2D eigenvalue weighted by Crippen LogP contribution is 2.45. The number of rotatable bonds is 7. The molecule has 0 spiro atoms. The minimum absolute atomic E-state index is 0.894. The zero-order valence-corrected chi connectivity index (χ0v) is 29.6. The quantitative estimate of drug-likeness (QED) is 0.166. The number of para-hydroxylation sites is 3. The summed E-state index contributed by atoms with van der Waals surface area (Å²) in [4.78, 5) is 2.36. The maximum absolute atomic E-state index is 6.56. The molecule has 0 radical (unpaired) electrons. The third kappa shape index (κ3) is 5.71. The first-order chi connectivity index (χ1) is 26.8. The van der Waals surface area contributed by atoms with Gasteiger partial charge < -0.3 is 9.32 Å². The number of hydrogen-bond donors (Lipinski definition) is 0. The molecule has 0 amide bonds. The predicted octanol–water partition coefficient (Wildman–Crippen LogP) is 14.9. The van der Waals surface area contributed by atoms with E-state index in [0.717, 1.165) is 50.1 Å². The molecule has 0 fully saturated rings. The van der Waals surface area contributed by atoms with Gasteiger partial charge in [0.05, 0.1) is 5.69 Å². The summed E-state index contributed by atoms with van der Waals surface area (Å²) in [6, 6.07) is 75.8. The average Bonchev–Trinajstić information content (AvgIpc) is 3.64. The molecule has 1 heterocycles. The lowest BCUT2D eigenvalue weighted by molar-refractivity contribution is 0.670. The zero-order valence-electron chi connectivity index (χ0n) is 29.6. The highest BCUT2D eigenvalue weighted by Gasteiger charge is 2.20. The molecule has 10 rings (SSSR count). The van der Waals surface area contributed by atoms with Gasteiger partial charge >= 0.3 is 0 Å². The highest BCUT2D eigenvalue weighted by molar-refractivity contribution is 6.10. The first kappa shape index (κ1) is 31.6. The monoisotopic (exact) mass is 689 g/mol. The summed E-state index contributed by atoms with van der Waals surface area (Å²) in [7, 11) is 0. The smallest absolute Gasteiger partial charge is 0.143 e. The average molecular weight is 690 g/mol. The summed E-state index contributed by atoms with van der Waals surface area (Å²) in [6.45, 7) is 0. The molecule has 10 aromatic rings. The second-order valence-electron chi connectivity index (χ2n) is 13.7. The molecular weight excluding hydrogens is 655 g/mol. The summed E-state index contributed by atoms with van der Waals surface area (Å²) in [5.41, 5.74) is 14.3. The number of benzene rings is 9. The molecule has 0 atom stereocenters. The van der Waals surface area contributed by atoms with Crippen LogP contribution in [0.1, 0.15) is 0 Å². The Morgan fingerprint density at radius 3 is 1.54 bits per heavy atom. The van der Waals surface area contributed by atoms with Crippen molar-refractivity contribution in [3.63, 3.8) is 0 Å². The maximum atomic E-state index is 6.56. The molecule has 0 bridgehead atoms. The lowest BCUT2D eigenvalue weighted by Crippen LogP contribution is -2.11. The Morgan fingerprint density at radius 2 is 0.815 bits per heavy atom. The second-order valence-corrected chi connectivity index (χ2v) is 13.7. The van der Waals surface area contributed by atoms with Crippen LogP contribution in [0.25, 0.3) is 77.2 Å². The lowest BCUT2D eigenvalue weighted by Gasteiger charge is -2.28. The summed E-state index contributed by atoms with van der Waals surface area (Å²) >= 11 is 0. The van der Waals surface area contributed by atoms with E-state index < -0.39 is 0 Å². The molecular formula is C52H35NO. The van der Waals surface area contributed by atoms with Crippen molar-refractivity contribution in [3.05, 3.63) is 212 Å². The SMILES string of the molecule is c1ccc(-c2ccc(-c3ccc(N(c4ccc(-c5ccc6ccccc6c5)cc4)c4ccccc4-c4cccc5c4oc4ccccc45)cc3)cc2)cc1. The third-order valence-corrected chi connectivity index (χ3v) is 10.5. The summed E-state index contributed by atoms with van der Waals surface area (Å²) in [6.07, 6.45) is 0. The molecule has 0 unspecified atom stereocenters. The predicted molar refractivity (Wildman–Crippen MR) is 228 cm³/mol. The van der Waals surface area contributed by atoms with Crippen molar-refractivity contribution in [3.8, 4) is 44.5 Å². The molecule has 0 saturated carbocycles. The molecule has 2 nitrogen and oxygen atoms in total. The van der Waals surface area contributed by atoms with Crippen LogP contribution in [-0.4, -0.2) is 0 Å². The van der Waals surface area contributed by atoms with Gasteiger partial charge in [-0.3, -0.25) is 0 Å². The van der Waals surface area contributed by atoms with Gasteiger partial charge in [0.1, 0.15) is 11.2 Å². The molecule has 254 valence electrons. The fourth-order valence-electron chi connectivity index (χ4n) is 7.74. The Hall–Kier alpha value is -7.16. The fourth-order valence-corrected chi connectivity index (χ4v) is 7.74. The molecule has 9 aromatic carbocycles. The van der Waals surface area contributed by atoms with Gasteiger partial charge in [-0.05, 0) is 86.6 Å². The van der Waals surface area contributed by atoms with Crippen LogP contribution in [0.4, 0.5) is 17.1 Å². The van der Waals surface area contributed by atoms with Gasteiger partial charge in [-0.15, -0.1) is 0 Å². The van der Waals surface area contributed by atoms with E-state index in [1.807, 2.05) is 12.1 Å². The Bertz CT molecular complexity index is 2900. The molecule has 0 aliphatic rings. The topological polar surface area (TPSA) is 16.4 Å². The van der Waals surface area contributed by atoms with Crippen LogP contribution in [0.3, 0.4) is 0 Å². The fraction of sp³-hybridized carbons (Fsp3) is 0. The normalized spacial score (nSPS) is 11.3. The minimum Gasteiger partial charge on any atom is -0.455 e.